The van der Waals surface area contributed by atoms with Crippen molar-refractivity contribution in [2.45, 2.75) is 18.8 Å². The highest BCUT2D eigenvalue weighted by Gasteiger charge is 2.15. The van der Waals surface area contributed by atoms with Gasteiger partial charge in [-0.2, -0.15) is 0 Å². The average molecular weight is 295 g/mol. The Balaban J connectivity index is 1.56. The fraction of sp³-hybridized carbons (Fsp3) is 0.316. The molecule has 22 heavy (non-hydrogen) atoms. The van der Waals surface area contributed by atoms with E-state index in [4.69, 9.17) is 4.74 Å². The van der Waals surface area contributed by atoms with E-state index in [-0.39, 0.29) is 12.4 Å². The number of benzene rings is 2. The number of ether oxygens (including phenoxy) is 1. The first-order valence-electron chi connectivity index (χ1n) is 7.84. The van der Waals surface area contributed by atoms with Crippen LogP contribution >= 0.6 is 0 Å². The summed E-state index contributed by atoms with van der Waals surface area (Å²) in [5, 5.41) is 3.38. The van der Waals surface area contributed by atoms with E-state index in [0.29, 0.717) is 11.5 Å². The molecular weight excluding hydrogens is 274 g/mol. The molecule has 1 aliphatic heterocycles. The molecule has 0 atom stereocenters. The average Bonchev–Trinajstić information content (AvgIpc) is 2.61. The van der Waals surface area contributed by atoms with Gasteiger partial charge in [-0.25, -0.2) is 0 Å². The zero-order valence-corrected chi connectivity index (χ0v) is 12.6. The summed E-state index contributed by atoms with van der Waals surface area (Å²) in [6, 6.07) is 17.4. The molecule has 1 fully saturated rings. The van der Waals surface area contributed by atoms with E-state index in [2.05, 4.69) is 17.4 Å². The molecule has 2 aromatic rings. The maximum absolute atomic E-state index is 12.0. The highest BCUT2D eigenvalue weighted by Crippen LogP contribution is 2.26. The first-order valence-corrected chi connectivity index (χ1v) is 7.84. The number of hydrogen-bond acceptors (Lipinski definition) is 3. The molecule has 0 aromatic heterocycles. The number of nitrogens with one attached hydrogen (secondary N) is 1. The van der Waals surface area contributed by atoms with Crippen LogP contribution in [0.1, 0.15) is 34.7 Å². The van der Waals surface area contributed by atoms with E-state index >= 15 is 0 Å². The normalized spacial score (nSPS) is 15.5. The topological polar surface area (TPSA) is 38.3 Å². The summed E-state index contributed by atoms with van der Waals surface area (Å²) in [5.74, 6) is 1.39. The Morgan fingerprint density at radius 3 is 2.36 bits per heavy atom. The van der Waals surface area contributed by atoms with Gasteiger partial charge in [-0.15, -0.1) is 0 Å². The Bertz CT molecular complexity index is 601. The Hall–Kier alpha value is -2.13. The minimum Gasteiger partial charge on any atom is -0.485 e. The largest absolute Gasteiger partial charge is 0.485 e. The van der Waals surface area contributed by atoms with Gasteiger partial charge >= 0.3 is 0 Å². The van der Waals surface area contributed by atoms with Gasteiger partial charge in [0.2, 0.25) is 0 Å². The zero-order chi connectivity index (χ0) is 15.2. The van der Waals surface area contributed by atoms with Crippen molar-refractivity contribution in [3.05, 3.63) is 65.7 Å². The molecule has 0 saturated carbocycles. The van der Waals surface area contributed by atoms with E-state index in [1.165, 1.54) is 18.4 Å². The number of rotatable bonds is 5. The molecule has 3 heteroatoms. The third-order valence-electron chi connectivity index (χ3n) is 4.16. The number of ketones is 1. The lowest BCUT2D eigenvalue weighted by Crippen LogP contribution is -2.26. The Morgan fingerprint density at radius 2 is 1.68 bits per heavy atom. The third-order valence-corrected chi connectivity index (χ3v) is 4.16. The zero-order valence-electron chi connectivity index (χ0n) is 12.6. The Labute approximate surface area is 131 Å². The summed E-state index contributed by atoms with van der Waals surface area (Å²) in [6.45, 7) is 2.26. The van der Waals surface area contributed by atoms with Crippen LogP contribution in [0.3, 0.4) is 0 Å². The van der Waals surface area contributed by atoms with Gasteiger partial charge in [-0.3, -0.25) is 4.79 Å². The molecule has 3 rings (SSSR count). The molecule has 114 valence electrons. The summed E-state index contributed by atoms with van der Waals surface area (Å²) in [5.41, 5.74) is 2.05. The Kier molecular flexibility index (Phi) is 4.86. The minimum absolute atomic E-state index is 0.00281. The monoisotopic (exact) mass is 295 g/mol. The summed E-state index contributed by atoms with van der Waals surface area (Å²) >= 11 is 0. The van der Waals surface area contributed by atoms with Gasteiger partial charge in [0, 0.05) is 5.56 Å². The molecule has 0 spiro atoms. The van der Waals surface area contributed by atoms with Crippen LogP contribution in [0.4, 0.5) is 0 Å². The van der Waals surface area contributed by atoms with Crippen molar-refractivity contribution < 1.29 is 9.53 Å². The Morgan fingerprint density at radius 1 is 1.00 bits per heavy atom. The molecule has 1 N–H and O–H groups in total. The van der Waals surface area contributed by atoms with E-state index in [9.17, 15) is 4.79 Å². The predicted octanol–water partition coefficient (Wildman–Crippen LogP) is 3.42. The van der Waals surface area contributed by atoms with Crippen LogP contribution < -0.4 is 10.1 Å². The second kappa shape index (κ2) is 7.23. The van der Waals surface area contributed by atoms with Crippen molar-refractivity contribution in [3.63, 3.8) is 0 Å². The molecule has 0 unspecified atom stereocenters. The van der Waals surface area contributed by atoms with Gasteiger partial charge in [0.25, 0.3) is 0 Å². The van der Waals surface area contributed by atoms with Crippen molar-refractivity contribution in [2.75, 3.05) is 19.7 Å². The summed E-state index contributed by atoms with van der Waals surface area (Å²) in [7, 11) is 0. The first kappa shape index (κ1) is 14.8. The number of hydrogen-bond donors (Lipinski definition) is 1. The summed E-state index contributed by atoms with van der Waals surface area (Å²) in [6.07, 6.45) is 2.37. The van der Waals surface area contributed by atoms with Gasteiger partial charge in [0.05, 0.1) is 0 Å². The van der Waals surface area contributed by atoms with Crippen molar-refractivity contribution in [1.29, 1.82) is 0 Å². The molecule has 0 aliphatic carbocycles. The SMILES string of the molecule is O=C(COc1ccc(C2CCNCC2)cc1)c1ccccc1. The quantitative estimate of drug-likeness (QED) is 0.859. The van der Waals surface area contributed by atoms with Crippen molar-refractivity contribution in [3.8, 4) is 5.75 Å². The minimum atomic E-state index is 0.00281. The van der Waals surface area contributed by atoms with E-state index in [1.54, 1.807) is 0 Å². The van der Waals surface area contributed by atoms with Gasteiger partial charge in [0.1, 0.15) is 5.75 Å². The molecule has 2 aromatic carbocycles. The third kappa shape index (κ3) is 3.74. The predicted molar refractivity (Wildman–Crippen MR) is 87.6 cm³/mol. The van der Waals surface area contributed by atoms with Crippen LogP contribution in [0, 0.1) is 0 Å². The highest BCUT2D eigenvalue weighted by molar-refractivity contribution is 5.97. The molecule has 1 saturated heterocycles. The van der Waals surface area contributed by atoms with Crippen LogP contribution in [0.25, 0.3) is 0 Å². The van der Waals surface area contributed by atoms with Crippen LogP contribution in [-0.2, 0) is 0 Å². The lowest BCUT2D eigenvalue weighted by molar-refractivity contribution is 0.0921. The number of piperidine rings is 1. The van der Waals surface area contributed by atoms with E-state index in [1.807, 2.05) is 42.5 Å². The molecule has 3 nitrogen and oxygen atoms in total. The maximum Gasteiger partial charge on any atom is 0.200 e. The van der Waals surface area contributed by atoms with Crippen molar-refractivity contribution >= 4 is 5.78 Å². The highest BCUT2D eigenvalue weighted by atomic mass is 16.5. The second-order valence-electron chi connectivity index (χ2n) is 5.67. The lowest BCUT2D eigenvalue weighted by Gasteiger charge is -2.23. The number of carbonyl (C=O) groups excluding carboxylic acids is 1. The first-order chi connectivity index (χ1) is 10.8. The fourth-order valence-corrected chi connectivity index (χ4v) is 2.85. The molecule has 0 bridgehead atoms. The fourth-order valence-electron chi connectivity index (χ4n) is 2.85. The van der Waals surface area contributed by atoms with Crippen LogP contribution in [-0.4, -0.2) is 25.5 Å². The van der Waals surface area contributed by atoms with Gasteiger partial charge in [0.15, 0.2) is 12.4 Å². The number of carbonyl (C=O) groups is 1. The van der Waals surface area contributed by atoms with Crippen molar-refractivity contribution in [2.24, 2.45) is 0 Å². The van der Waals surface area contributed by atoms with Crippen LogP contribution in [0.5, 0.6) is 5.75 Å². The molecule has 1 heterocycles. The second-order valence-corrected chi connectivity index (χ2v) is 5.67. The molecule has 1 aliphatic rings. The lowest BCUT2D eigenvalue weighted by atomic mass is 9.90. The summed E-state index contributed by atoms with van der Waals surface area (Å²) in [4.78, 5) is 12.0. The molecular formula is C19H21NO2. The smallest absolute Gasteiger partial charge is 0.200 e. The van der Waals surface area contributed by atoms with Gasteiger partial charge in [-0.1, -0.05) is 42.5 Å². The van der Waals surface area contributed by atoms with Crippen molar-refractivity contribution in [1.82, 2.24) is 5.32 Å². The van der Waals surface area contributed by atoms with Gasteiger partial charge in [-0.05, 0) is 49.5 Å². The van der Waals surface area contributed by atoms with Crippen LogP contribution in [0.2, 0.25) is 0 Å². The molecule has 0 radical (unpaired) electrons. The maximum atomic E-state index is 12.0. The van der Waals surface area contributed by atoms with Crippen LogP contribution in [0.15, 0.2) is 54.6 Å². The summed E-state index contributed by atoms with van der Waals surface area (Å²) < 4.78 is 5.60. The number of Topliss-reactive ketones (excluding diaryl/α,β-unsaturated/α-hetero) is 1. The van der Waals surface area contributed by atoms with E-state index in [0.717, 1.165) is 18.8 Å². The van der Waals surface area contributed by atoms with Gasteiger partial charge < -0.3 is 10.1 Å². The standard InChI is InChI=1S/C19H21NO2/c21-19(17-4-2-1-3-5-17)14-22-18-8-6-15(7-9-18)16-10-12-20-13-11-16/h1-9,16,20H,10-14H2. The molecule has 0 amide bonds. The van der Waals surface area contributed by atoms with E-state index < -0.39 is 0 Å².